The molecule has 3 rings (SSSR count). The highest BCUT2D eigenvalue weighted by molar-refractivity contribution is 8.00. The Balaban J connectivity index is 1.74. The number of hydrogen-bond acceptors (Lipinski definition) is 4. The van der Waals surface area contributed by atoms with Crippen LogP contribution in [0, 0.1) is 6.92 Å². The molecular weight excluding hydrogens is 320 g/mol. The van der Waals surface area contributed by atoms with Crippen LogP contribution in [0.3, 0.4) is 0 Å². The summed E-state index contributed by atoms with van der Waals surface area (Å²) in [4.78, 5) is 12.4. The van der Waals surface area contributed by atoms with E-state index in [1.165, 1.54) is 11.8 Å². The van der Waals surface area contributed by atoms with E-state index in [1.807, 2.05) is 73.0 Å². The third kappa shape index (κ3) is 3.65. The van der Waals surface area contributed by atoms with Gasteiger partial charge in [-0.2, -0.15) is 0 Å². The molecule has 0 radical (unpaired) electrons. The minimum absolute atomic E-state index is 0.0643. The molecule has 0 aliphatic rings. The highest BCUT2D eigenvalue weighted by Gasteiger charge is 2.19. The van der Waals surface area contributed by atoms with Gasteiger partial charge in [-0.1, -0.05) is 48.2 Å². The van der Waals surface area contributed by atoms with Gasteiger partial charge in [-0.05, 0) is 37.6 Å². The van der Waals surface area contributed by atoms with Crippen LogP contribution in [-0.2, 0) is 4.79 Å². The van der Waals surface area contributed by atoms with Gasteiger partial charge in [-0.3, -0.25) is 9.36 Å². The topological polar surface area (TPSA) is 59.8 Å². The summed E-state index contributed by atoms with van der Waals surface area (Å²) in [6.07, 6.45) is 1.67. The third-order valence-corrected chi connectivity index (χ3v) is 4.64. The van der Waals surface area contributed by atoms with Crippen molar-refractivity contribution in [3.8, 4) is 5.69 Å². The number of amides is 1. The number of aryl methyl sites for hydroxylation is 1. The van der Waals surface area contributed by atoms with Crippen molar-refractivity contribution < 1.29 is 4.79 Å². The molecule has 5 nitrogen and oxygen atoms in total. The molecule has 1 unspecified atom stereocenters. The zero-order valence-electron chi connectivity index (χ0n) is 13.5. The minimum Gasteiger partial charge on any atom is -0.325 e. The van der Waals surface area contributed by atoms with E-state index < -0.39 is 0 Å². The molecule has 122 valence electrons. The normalized spacial score (nSPS) is 11.9. The zero-order chi connectivity index (χ0) is 16.9. The SMILES string of the molecule is Cc1ccccc1-n1cnnc1SC(C)C(=O)Nc1ccccc1. The number of carbonyl (C=O) groups excluding carboxylic acids is 1. The summed E-state index contributed by atoms with van der Waals surface area (Å²) in [5.74, 6) is -0.0643. The third-order valence-electron chi connectivity index (χ3n) is 3.58. The summed E-state index contributed by atoms with van der Waals surface area (Å²) in [5, 5.41) is 11.5. The van der Waals surface area contributed by atoms with Crippen LogP contribution in [0.5, 0.6) is 0 Å². The summed E-state index contributed by atoms with van der Waals surface area (Å²) in [6.45, 7) is 3.90. The van der Waals surface area contributed by atoms with Gasteiger partial charge in [-0.25, -0.2) is 0 Å². The molecule has 0 fully saturated rings. The molecule has 24 heavy (non-hydrogen) atoms. The molecule has 0 saturated carbocycles. The van der Waals surface area contributed by atoms with Crippen molar-refractivity contribution in [3.05, 3.63) is 66.5 Å². The van der Waals surface area contributed by atoms with Gasteiger partial charge < -0.3 is 5.32 Å². The van der Waals surface area contributed by atoms with Gasteiger partial charge in [0.1, 0.15) is 6.33 Å². The molecule has 3 aromatic rings. The van der Waals surface area contributed by atoms with E-state index in [0.29, 0.717) is 5.16 Å². The molecule has 1 atom stereocenters. The molecule has 1 amide bonds. The highest BCUT2D eigenvalue weighted by atomic mass is 32.2. The number of nitrogens with zero attached hydrogens (tertiary/aromatic N) is 3. The molecule has 0 aliphatic carbocycles. The van der Waals surface area contributed by atoms with Crippen LogP contribution in [0.1, 0.15) is 12.5 Å². The van der Waals surface area contributed by atoms with E-state index in [-0.39, 0.29) is 11.2 Å². The minimum atomic E-state index is -0.294. The van der Waals surface area contributed by atoms with Crippen LogP contribution in [0.15, 0.2) is 66.1 Å². The summed E-state index contributed by atoms with van der Waals surface area (Å²) < 4.78 is 1.91. The highest BCUT2D eigenvalue weighted by Crippen LogP contribution is 2.25. The number of benzene rings is 2. The Hall–Kier alpha value is -2.60. The van der Waals surface area contributed by atoms with Crippen molar-refractivity contribution in [2.24, 2.45) is 0 Å². The summed E-state index contributed by atoms with van der Waals surface area (Å²) in [7, 11) is 0. The zero-order valence-corrected chi connectivity index (χ0v) is 14.3. The molecule has 1 heterocycles. The van der Waals surface area contributed by atoms with Crippen LogP contribution < -0.4 is 5.32 Å². The van der Waals surface area contributed by atoms with E-state index in [2.05, 4.69) is 15.5 Å². The Bertz CT molecular complexity index is 832. The Labute approximate surface area is 145 Å². The molecule has 0 saturated heterocycles. The van der Waals surface area contributed by atoms with Crippen molar-refractivity contribution in [2.45, 2.75) is 24.3 Å². The lowest BCUT2D eigenvalue weighted by atomic mass is 10.2. The van der Waals surface area contributed by atoms with Crippen LogP contribution >= 0.6 is 11.8 Å². The van der Waals surface area contributed by atoms with Crippen molar-refractivity contribution in [1.29, 1.82) is 0 Å². The fourth-order valence-electron chi connectivity index (χ4n) is 2.28. The number of para-hydroxylation sites is 2. The molecule has 0 bridgehead atoms. The maximum Gasteiger partial charge on any atom is 0.237 e. The smallest absolute Gasteiger partial charge is 0.237 e. The van der Waals surface area contributed by atoms with Gasteiger partial charge in [-0.15, -0.1) is 10.2 Å². The fourth-order valence-corrected chi connectivity index (χ4v) is 3.12. The number of rotatable bonds is 5. The number of thioether (sulfide) groups is 1. The van der Waals surface area contributed by atoms with E-state index in [1.54, 1.807) is 6.33 Å². The van der Waals surface area contributed by atoms with E-state index >= 15 is 0 Å². The quantitative estimate of drug-likeness (QED) is 0.721. The predicted molar refractivity (Wildman–Crippen MR) is 96.5 cm³/mol. The van der Waals surface area contributed by atoms with E-state index in [9.17, 15) is 4.79 Å². The van der Waals surface area contributed by atoms with Crippen LogP contribution in [0.4, 0.5) is 5.69 Å². The van der Waals surface area contributed by atoms with Gasteiger partial charge in [0.15, 0.2) is 5.16 Å². The number of anilines is 1. The molecular formula is C18H18N4OS. The monoisotopic (exact) mass is 338 g/mol. The number of carbonyl (C=O) groups is 1. The Morgan fingerprint density at radius 1 is 1.12 bits per heavy atom. The molecule has 1 aromatic heterocycles. The van der Waals surface area contributed by atoms with Gasteiger partial charge in [0, 0.05) is 5.69 Å². The molecule has 6 heteroatoms. The second kappa shape index (κ2) is 7.31. The molecule has 2 aromatic carbocycles. The lowest BCUT2D eigenvalue weighted by Crippen LogP contribution is -2.22. The summed E-state index contributed by atoms with van der Waals surface area (Å²) in [5.41, 5.74) is 2.93. The first-order valence-electron chi connectivity index (χ1n) is 7.64. The van der Waals surface area contributed by atoms with Gasteiger partial charge in [0.2, 0.25) is 5.91 Å². The Morgan fingerprint density at radius 2 is 1.83 bits per heavy atom. The first kappa shape index (κ1) is 16.3. The largest absolute Gasteiger partial charge is 0.325 e. The van der Waals surface area contributed by atoms with Crippen molar-refractivity contribution >= 4 is 23.4 Å². The van der Waals surface area contributed by atoms with E-state index in [4.69, 9.17) is 0 Å². The number of nitrogens with one attached hydrogen (secondary N) is 1. The maximum absolute atomic E-state index is 12.4. The molecule has 0 spiro atoms. The van der Waals surface area contributed by atoms with Gasteiger partial charge in [0.05, 0.1) is 10.9 Å². The van der Waals surface area contributed by atoms with Gasteiger partial charge in [0.25, 0.3) is 0 Å². The van der Waals surface area contributed by atoms with Crippen LogP contribution in [-0.4, -0.2) is 25.9 Å². The first-order valence-corrected chi connectivity index (χ1v) is 8.51. The van der Waals surface area contributed by atoms with Crippen molar-refractivity contribution in [3.63, 3.8) is 0 Å². The average Bonchev–Trinajstić information content (AvgIpc) is 3.04. The maximum atomic E-state index is 12.4. The molecule has 0 aliphatic heterocycles. The first-order chi connectivity index (χ1) is 11.6. The second-order valence-corrected chi connectivity index (χ2v) is 6.69. The van der Waals surface area contributed by atoms with Crippen molar-refractivity contribution in [1.82, 2.24) is 14.8 Å². The number of aromatic nitrogens is 3. The average molecular weight is 338 g/mol. The van der Waals surface area contributed by atoms with Crippen molar-refractivity contribution in [2.75, 3.05) is 5.32 Å². The van der Waals surface area contributed by atoms with Gasteiger partial charge >= 0.3 is 0 Å². The summed E-state index contributed by atoms with van der Waals surface area (Å²) >= 11 is 1.39. The predicted octanol–water partition coefficient (Wildman–Crippen LogP) is 3.70. The second-order valence-electron chi connectivity index (χ2n) is 5.39. The fraction of sp³-hybridized carbons (Fsp3) is 0.167. The number of hydrogen-bond donors (Lipinski definition) is 1. The van der Waals surface area contributed by atoms with Crippen LogP contribution in [0.25, 0.3) is 5.69 Å². The Kier molecular flexibility index (Phi) is 4.96. The standard InChI is InChI=1S/C18H18N4OS/c1-13-8-6-7-11-16(13)22-12-19-21-18(22)24-14(2)17(23)20-15-9-4-3-5-10-15/h3-12,14H,1-2H3,(H,20,23). The summed E-state index contributed by atoms with van der Waals surface area (Å²) in [6, 6.07) is 17.4. The lowest BCUT2D eigenvalue weighted by Gasteiger charge is -2.13. The Morgan fingerprint density at radius 3 is 2.58 bits per heavy atom. The van der Waals surface area contributed by atoms with Crippen LogP contribution in [0.2, 0.25) is 0 Å². The molecule has 1 N–H and O–H groups in total. The van der Waals surface area contributed by atoms with E-state index in [0.717, 1.165) is 16.9 Å². The lowest BCUT2D eigenvalue weighted by molar-refractivity contribution is -0.115.